The van der Waals surface area contributed by atoms with Gasteiger partial charge in [-0.05, 0) is 33.8 Å². The van der Waals surface area contributed by atoms with Gasteiger partial charge in [0, 0.05) is 18.0 Å². The minimum absolute atomic E-state index is 0.0508. The molecule has 1 N–H and O–H groups in total. The van der Waals surface area contributed by atoms with Crippen LogP contribution in [0.5, 0.6) is 0 Å². The lowest BCUT2D eigenvalue weighted by Crippen LogP contribution is -2.26. The average molecular weight is 357 g/mol. The largest absolute Gasteiger partial charge is 0.464 e. The normalized spacial score (nSPS) is 12.2. The van der Waals surface area contributed by atoms with Gasteiger partial charge in [-0.3, -0.25) is 4.57 Å². The number of esters is 1. The molecule has 0 bridgehead atoms. The van der Waals surface area contributed by atoms with Crippen molar-refractivity contribution < 1.29 is 24.2 Å². The van der Waals surface area contributed by atoms with Gasteiger partial charge in [0.1, 0.15) is 5.60 Å². The molecule has 2 rings (SSSR count). The molecule has 0 saturated carbocycles. The molecule has 1 aromatic heterocycles. The van der Waals surface area contributed by atoms with E-state index in [2.05, 4.69) is 11.8 Å². The fraction of sp³-hybridized carbons (Fsp3) is 0.400. The maximum absolute atomic E-state index is 12.4. The molecule has 1 atom stereocenters. The van der Waals surface area contributed by atoms with Crippen molar-refractivity contribution in [3.63, 3.8) is 0 Å². The molecule has 0 aliphatic carbocycles. The van der Waals surface area contributed by atoms with E-state index in [1.807, 2.05) is 18.2 Å². The van der Waals surface area contributed by atoms with E-state index in [9.17, 15) is 14.7 Å². The predicted octanol–water partition coefficient (Wildman–Crippen LogP) is 3.09. The minimum Gasteiger partial charge on any atom is -0.464 e. The van der Waals surface area contributed by atoms with Crippen LogP contribution in [0.1, 0.15) is 39.7 Å². The average Bonchev–Trinajstić information content (AvgIpc) is 2.92. The Morgan fingerprint density at radius 2 is 1.96 bits per heavy atom. The van der Waals surface area contributed by atoms with Crippen LogP contribution in [-0.2, 0) is 14.3 Å². The molecule has 1 heterocycles. The van der Waals surface area contributed by atoms with Gasteiger partial charge in [0.05, 0.1) is 17.7 Å². The molecular weight excluding hydrogens is 334 g/mol. The van der Waals surface area contributed by atoms with Gasteiger partial charge in [0.15, 0.2) is 6.10 Å². The second-order valence-electron chi connectivity index (χ2n) is 6.68. The van der Waals surface area contributed by atoms with Crippen LogP contribution in [0.3, 0.4) is 0 Å². The quantitative estimate of drug-likeness (QED) is 0.675. The monoisotopic (exact) mass is 357 g/mol. The molecule has 1 aromatic carbocycles. The maximum Gasteiger partial charge on any atom is 0.419 e. The Balaban J connectivity index is 2.28. The summed E-state index contributed by atoms with van der Waals surface area (Å²) in [6.07, 6.45) is -0.234. The molecule has 26 heavy (non-hydrogen) atoms. The molecule has 6 nitrogen and oxygen atoms in total. The third kappa shape index (κ3) is 4.87. The highest BCUT2D eigenvalue weighted by Crippen LogP contribution is 2.22. The molecule has 0 fully saturated rings. The summed E-state index contributed by atoms with van der Waals surface area (Å²) in [5, 5.41) is 10.5. The topological polar surface area (TPSA) is 77.8 Å². The molecule has 0 saturated heterocycles. The lowest BCUT2D eigenvalue weighted by atomic mass is 10.1. The molecular formula is C20H23NO5. The summed E-state index contributed by atoms with van der Waals surface area (Å²) < 4.78 is 11.6. The first-order chi connectivity index (χ1) is 12.2. The first-order valence-corrected chi connectivity index (χ1v) is 8.40. The Bertz CT molecular complexity index is 864. The number of nitrogens with zero attached hydrogens (tertiary/aromatic N) is 1. The van der Waals surface area contributed by atoms with Gasteiger partial charge in [-0.1, -0.05) is 30.0 Å². The highest BCUT2D eigenvalue weighted by atomic mass is 16.6. The molecule has 0 radical (unpaired) electrons. The second kappa shape index (κ2) is 8.07. The fourth-order valence-corrected chi connectivity index (χ4v) is 2.31. The number of benzene rings is 1. The van der Waals surface area contributed by atoms with Crippen molar-refractivity contribution in [2.45, 2.75) is 45.8 Å². The third-order valence-corrected chi connectivity index (χ3v) is 3.38. The van der Waals surface area contributed by atoms with Gasteiger partial charge in [0.25, 0.3) is 0 Å². The Hall–Kier alpha value is -2.78. The highest BCUT2D eigenvalue weighted by Gasteiger charge is 2.20. The highest BCUT2D eigenvalue weighted by molar-refractivity contribution is 5.93. The molecule has 0 aliphatic heterocycles. The number of para-hydroxylation sites is 1. The summed E-state index contributed by atoms with van der Waals surface area (Å²) in [5.41, 5.74) is 0.678. The Morgan fingerprint density at radius 3 is 2.62 bits per heavy atom. The second-order valence-corrected chi connectivity index (χ2v) is 6.68. The van der Waals surface area contributed by atoms with E-state index >= 15 is 0 Å². The number of hydrogen-bond donors (Lipinski definition) is 1. The van der Waals surface area contributed by atoms with Crippen molar-refractivity contribution in [3.05, 3.63) is 36.0 Å². The summed E-state index contributed by atoms with van der Waals surface area (Å²) >= 11 is 0. The molecule has 6 heteroatoms. The number of rotatable bonds is 3. The molecule has 0 amide bonds. The van der Waals surface area contributed by atoms with Gasteiger partial charge >= 0.3 is 12.1 Å². The maximum atomic E-state index is 12.4. The van der Waals surface area contributed by atoms with E-state index in [0.717, 1.165) is 5.39 Å². The van der Waals surface area contributed by atoms with Crippen molar-refractivity contribution >= 4 is 23.0 Å². The van der Waals surface area contributed by atoms with Crippen molar-refractivity contribution in [2.24, 2.45) is 0 Å². The van der Waals surface area contributed by atoms with E-state index in [1.165, 1.54) is 4.57 Å². The van der Waals surface area contributed by atoms with Gasteiger partial charge in [0.2, 0.25) is 0 Å². The van der Waals surface area contributed by atoms with Crippen molar-refractivity contribution in [2.75, 3.05) is 6.61 Å². The number of aliphatic hydroxyl groups excluding tert-OH is 1. The van der Waals surface area contributed by atoms with Crippen LogP contribution in [0, 0.1) is 11.8 Å². The van der Waals surface area contributed by atoms with Crippen molar-refractivity contribution in [1.29, 1.82) is 0 Å². The number of ether oxygens (including phenoxy) is 2. The number of aromatic nitrogens is 1. The third-order valence-electron chi connectivity index (χ3n) is 3.38. The first kappa shape index (κ1) is 19.5. The summed E-state index contributed by atoms with van der Waals surface area (Å²) in [5.74, 6) is 4.98. The van der Waals surface area contributed by atoms with E-state index < -0.39 is 23.8 Å². The zero-order valence-electron chi connectivity index (χ0n) is 15.4. The van der Waals surface area contributed by atoms with E-state index in [4.69, 9.17) is 9.47 Å². The lowest BCUT2D eigenvalue weighted by Gasteiger charge is -2.19. The van der Waals surface area contributed by atoms with E-state index in [-0.39, 0.29) is 13.0 Å². The Labute approximate surface area is 152 Å². The SMILES string of the molecule is CCOC(=O)C(O)CC#Cc1cn(C(=O)OC(C)(C)C)c2ccccc12. The fourth-order valence-electron chi connectivity index (χ4n) is 2.31. The summed E-state index contributed by atoms with van der Waals surface area (Å²) in [6, 6.07) is 7.32. The number of fused-ring (bicyclic) bond motifs is 1. The molecule has 138 valence electrons. The van der Waals surface area contributed by atoms with Crippen LogP contribution in [-0.4, -0.2) is 40.0 Å². The molecule has 2 aromatic rings. The summed E-state index contributed by atoms with van der Waals surface area (Å²) in [4.78, 5) is 23.8. The number of carbonyl (C=O) groups excluding carboxylic acids is 2. The van der Waals surface area contributed by atoms with Crippen LogP contribution >= 0.6 is 0 Å². The number of hydrogen-bond acceptors (Lipinski definition) is 5. The zero-order valence-corrected chi connectivity index (χ0v) is 15.4. The van der Waals surface area contributed by atoms with Crippen LogP contribution in [0.4, 0.5) is 4.79 Å². The Morgan fingerprint density at radius 1 is 1.27 bits per heavy atom. The summed E-state index contributed by atoms with van der Waals surface area (Å²) in [6.45, 7) is 7.27. The van der Waals surface area contributed by atoms with E-state index in [1.54, 1.807) is 40.0 Å². The number of carbonyl (C=O) groups is 2. The smallest absolute Gasteiger partial charge is 0.419 e. The van der Waals surface area contributed by atoms with Gasteiger partial charge in [-0.25, -0.2) is 9.59 Å². The van der Waals surface area contributed by atoms with Crippen molar-refractivity contribution in [3.8, 4) is 11.8 Å². The molecule has 1 unspecified atom stereocenters. The minimum atomic E-state index is -1.29. The van der Waals surface area contributed by atoms with Gasteiger partial charge < -0.3 is 14.6 Å². The standard InChI is InChI=1S/C20H23NO5/c1-5-25-18(23)17(22)12-8-9-14-13-21(19(24)26-20(2,3)4)16-11-7-6-10-15(14)16/h6-7,10-11,13,17,22H,5,12H2,1-4H3. The van der Waals surface area contributed by atoms with Crippen LogP contribution in [0.15, 0.2) is 30.5 Å². The van der Waals surface area contributed by atoms with Gasteiger partial charge in [-0.15, -0.1) is 0 Å². The van der Waals surface area contributed by atoms with E-state index in [0.29, 0.717) is 11.1 Å². The number of aliphatic hydroxyl groups is 1. The van der Waals surface area contributed by atoms with Crippen LogP contribution < -0.4 is 0 Å². The Kier molecular flexibility index (Phi) is 6.06. The van der Waals surface area contributed by atoms with Gasteiger partial charge in [-0.2, -0.15) is 0 Å². The molecule has 0 spiro atoms. The zero-order chi connectivity index (χ0) is 19.3. The van der Waals surface area contributed by atoms with Crippen LogP contribution in [0.25, 0.3) is 10.9 Å². The summed E-state index contributed by atoms with van der Waals surface area (Å²) in [7, 11) is 0. The lowest BCUT2D eigenvalue weighted by molar-refractivity contribution is -0.152. The molecule has 0 aliphatic rings. The van der Waals surface area contributed by atoms with Crippen LogP contribution in [0.2, 0.25) is 0 Å². The first-order valence-electron chi connectivity index (χ1n) is 8.40. The van der Waals surface area contributed by atoms with Crippen molar-refractivity contribution in [1.82, 2.24) is 4.57 Å². The predicted molar refractivity (Wildman–Crippen MR) is 97.7 cm³/mol.